The van der Waals surface area contributed by atoms with E-state index in [0.717, 1.165) is 6.42 Å². The van der Waals surface area contributed by atoms with Gasteiger partial charge in [0.25, 0.3) is 0 Å². The van der Waals surface area contributed by atoms with Gasteiger partial charge in [-0.05, 0) is 18.2 Å². The van der Waals surface area contributed by atoms with E-state index in [4.69, 9.17) is 11.8 Å². The maximum Gasteiger partial charge on any atom is 0.203 e. The standard InChI is InChI=1S/C4H9ClN2O2/c5-6-3-1-2-4-7(8)9/h6H,1-4H2. The molecule has 54 valence electrons. The number of nitrogens with zero attached hydrogens (tertiary/aromatic N) is 1. The molecular formula is C4H9ClN2O2. The minimum atomic E-state index is -0.325. The molecule has 0 aromatic rings. The molecule has 0 saturated carbocycles. The zero-order valence-electron chi connectivity index (χ0n) is 4.97. The molecule has 0 aromatic heterocycles. The largest absolute Gasteiger partial charge is 0.265 e. The Bertz CT molecular complexity index is 88.6. The summed E-state index contributed by atoms with van der Waals surface area (Å²) in [6.07, 6.45) is 1.34. The summed E-state index contributed by atoms with van der Waals surface area (Å²) >= 11 is 5.10. The number of hydrogen-bond acceptors (Lipinski definition) is 3. The lowest BCUT2D eigenvalue weighted by molar-refractivity contribution is -0.480. The third-order valence-electron chi connectivity index (χ3n) is 0.862. The Hall–Kier alpha value is -0.350. The van der Waals surface area contributed by atoms with Crippen molar-refractivity contribution in [1.29, 1.82) is 0 Å². The van der Waals surface area contributed by atoms with Crippen LogP contribution in [0, 0.1) is 10.1 Å². The smallest absolute Gasteiger partial charge is 0.203 e. The van der Waals surface area contributed by atoms with E-state index < -0.39 is 0 Å². The first-order chi connectivity index (χ1) is 4.27. The molecule has 9 heavy (non-hydrogen) atoms. The van der Waals surface area contributed by atoms with Crippen LogP contribution in [0.15, 0.2) is 0 Å². The fourth-order valence-electron chi connectivity index (χ4n) is 0.433. The zero-order chi connectivity index (χ0) is 7.11. The van der Waals surface area contributed by atoms with Gasteiger partial charge < -0.3 is 0 Å². The quantitative estimate of drug-likeness (QED) is 0.274. The Kier molecular flexibility index (Phi) is 5.56. The van der Waals surface area contributed by atoms with Crippen LogP contribution in [0.4, 0.5) is 0 Å². The van der Waals surface area contributed by atoms with E-state index in [1.165, 1.54) is 0 Å². The van der Waals surface area contributed by atoms with E-state index in [1.807, 2.05) is 0 Å². The van der Waals surface area contributed by atoms with Crippen molar-refractivity contribution in [2.45, 2.75) is 12.8 Å². The molecule has 0 spiro atoms. The molecule has 0 bridgehead atoms. The molecule has 0 fully saturated rings. The molecular weight excluding hydrogens is 144 g/mol. The SMILES string of the molecule is O=[N+]([O-])CCCCNCl. The predicted molar refractivity (Wildman–Crippen MR) is 35.0 cm³/mol. The molecule has 0 radical (unpaired) electrons. The first-order valence-corrected chi connectivity index (χ1v) is 3.10. The first kappa shape index (κ1) is 8.65. The maximum atomic E-state index is 9.71. The Morgan fingerprint density at radius 1 is 1.56 bits per heavy atom. The molecule has 0 heterocycles. The molecule has 0 saturated heterocycles. The predicted octanol–water partition coefficient (Wildman–Crippen LogP) is 0.787. The number of rotatable bonds is 5. The van der Waals surface area contributed by atoms with E-state index in [1.54, 1.807) is 0 Å². The molecule has 5 heteroatoms. The van der Waals surface area contributed by atoms with Crippen molar-refractivity contribution >= 4 is 11.8 Å². The van der Waals surface area contributed by atoms with Crippen LogP contribution in [0.2, 0.25) is 0 Å². The highest BCUT2D eigenvalue weighted by atomic mass is 35.5. The van der Waals surface area contributed by atoms with Crippen molar-refractivity contribution in [3.63, 3.8) is 0 Å². The number of nitro groups is 1. The van der Waals surface area contributed by atoms with Crippen molar-refractivity contribution in [1.82, 2.24) is 4.84 Å². The van der Waals surface area contributed by atoms with Gasteiger partial charge in [0.1, 0.15) is 0 Å². The summed E-state index contributed by atoms with van der Waals surface area (Å²) in [5.74, 6) is 0. The molecule has 0 aliphatic rings. The summed E-state index contributed by atoms with van der Waals surface area (Å²) in [7, 11) is 0. The van der Waals surface area contributed by atoms with E-state index >= 15 is 0 Å². The third-order valence-corrected chi connectivity index (χ3v) is 1.05. The van der Waals surface area contributed by atoms with Crippen LogP contribution in [-0.2, 0) is 0 Å². The Balaban J connectivity index is 2.83. The number of halogens is 1. The highest BCUT2D eigenvalue weighted by Gasteiger charge is 1.94. The third kappa shape index (κ3) is 7.65. The van der Waals surface area contributed by atoms with Gasteiger partial charge in [-0.25, -0.2) is 4.84 Å². The average molecular weight is 153 g/mol. The van der Waals surface area contributed by atoms with Crippen molar-refractivity contribution < 1.29 is 4.92 Å². The van der Waals surface area contributed by atoms with Crippen LogP contribution in [-0.4, -0.2) is 18.0 Å². The zero-order valence-corrected chi connectivity index (χ0v) is 5.73. The lowest BCUT2D eigenvalue weighted by atomic mass is 10.3. The van der Waals surface area contributed by atoms with Gasteiger partial charge in [-0.1, -0.05) is 0 Å². The summed E-state index contributed by atoms with van der Waals surface area (Å²) in [4.78, 5) is 11.8. The minimum absolute atomic E-state index is 0.0402. The van der Waals surface area contributed by atoms with Crippen molar-refractivity contribution in [2.75, 3.05) is 13.1 Å². The van der Waals surface area contributed by atoms with Gasteiger partial charge in [0.2, 0.25) is 6.54 Å². The molecule has 0 atom stereocenters. The van der Waals surface area contributed by atoms with Gasteiger partial charge in [-0.3, -0.25) is 10.1 Å². The van der Waals surface area contributed by atoms with Gasteiger partial charge >= 0.3 is 0 Å². The maximum absolute atomic E-state index is 9.71. The van der Waals surface area contributed by atoms with Gasteiger partial charge in [0.15, 0.2) is 0 Å². The highest BCUT2D eigenvalue weighted by Crippen LogP contribution is 1.86. The fourth-order valence-corrected chi connectivity index (χ4v) is 0.566. The van der Waals surface area contributed by atoms with Crippen LogP contribution < -0.4 is 4.84 Å². The molecule has 0 aliphatic carbocycles. The van der Waals surface area contributed by atoms with Crippen molar-refractivity contribution in [3.8, 4) is 0 Å². The lowest BCUT2D eigenvalue weighted by Gasteiger charge is -1.92. The summed E-state index contributed by atoms with van der Waals surface area (Å²) < 4.78 is 0. The summed E-state index contributed by atoms with van der Waals surface area (Å²) in [5, 5.41) is 9.71. The molecule has 4 nitrogen and oxygen atoms in total. The van der Waals surface area contributed by atoms with Crippen LogP contribution in [0.3, 0.4) is 0 Å². The monoisotopic (exact) mass is 152 g/mol. The second-order valence-electron chi connectivity index (χ2n) is 1.65. The Labute approximate surface area is 58.5 Å². The van der Waals surface area contributed by atoms with Gasteiger partial charge in [-0.15, -0.1) is 0 Å². The van der Waals surface area contributed by atoms with Crippen LogP contribution >= 0.6 is 11.8 Å². The summed E-state index contributed by atoms with van der Waals surface area (Å²) in [6.45, 7) is 0.675. The van der Waals surface area contributed by atoms with Crippen LogP contribution in [0.5, 0.6) is 0 Å². The van der Waals surface area contributed by atoms with Crippen LogP contribution in [0.1, 0.15) is 12.8 Å². The molecule has 0 rings (SSSR count). The molecule has 0 aliphatic heterocycles. The summed E-state index contributed by atoms with van der Waals surface area (Å²) in [6, 6.07) is 0. The van der Waals surface area contributed by atoms with E-state index in [2.05, 4.69) is 4.84 Å². The first-order valence-electron chi connectivity index (χ1n) is 2.72. The number of nitrogens with one attached hydrogen (secondary N) is 1. The topological polar surface area (TPSA) is 55.2 Å². The van der Waals surface area contributed by atoms with E-state index in [0.29, 0.717) is 13.0 Å². The van der Waals surface area contributed by atoms with Crippen molar-refractivity contribution in [3.05, 3.63) is 10.1 Å². The second-order valence-corrected chi connectivity index (χ2v) is 1.91. The van der Waals surface area contributed by atoms with Crippen LogP contribution in [0.25, 0.3) is 0 Å². The van der Waals surface area contributed by atoms with E-state index in [9.17, 15) is 10.1 Å². The molecule has 0 aromatic carbocycles. The molecule has 1 N–H and O–H groups in total. The van der Waals surface area contributed by atoms with Crippen molar-refractivity contribution in [2.24, 2.45) is 0 Å². The molecule has 0 amide bonds. The Morgan fingerprint density at radius 3 is 2.67 bits per heavy atom. The number of unbranched alkanes of at least 4 members (excludes halogenated alkanes) is 1. The Morgan fingerprint density at radius 2 is 2.22 bits per heavy atom. The van der Waals surface area contributed by atoms with Gasteiger partial charge in [0.05, 0.1) is 0 Å². The normalized spacial score (nSPS) is 9.44. The second kappa shape index (κ2) is 5.78. The lowest BCUT2D eigenvalue weighted by Crippen LogP contribution is -2.05. The fraction of sp³-hybridized carbons (Fsp3) is 1.00. The number of hydrogen-bond donors (Lipinski definition) is 1. The minimum Gasteiger partial charge on any atom is -0.265 e. The average Bonchev–Trinajstić information content (AvgIpc) is 1.80. The molecule has 0 unspecified atom stereocenters. The van der Waals surface area contributed by atoms with Gasteiger partial charge in [0, 0.05) is 17.9 Å². The van der Waals surface area contributed by atoms with Gasteiger partial charge in [-0.2, -0.15) is 0 Å². The highest BCUT2D eigenvalue weighted by molar-refractivity contribution is 6.13. The van der Waals surface area contributed by atoms with E-state index in [-0.39, 0.29) is 11.5 Å². The summed E-state index contributed by atoms with van der Waals surface area (Å²) in [5.41, 5.74) is 0.